The predicted octanol–water partition coefficient (Wildman–Crippen LogP) is 4.53. The second-order valence-corrected chi connectivity index (χ2v) is 5.31. The van der Waals surface area contributed by atoms with E-state index in [4.69, 9.17) is 0 Å². The van der Waals surface area contributed by atoms with Gasteiger partial charge in [-0.05, 0) is 46.6 Å². The molecule has 16 heavy (non-hydrogen) atoms. The highest BCUT2D eigenvalue weighted by molar-refractivity contribution is 5.87. The van der Waals surface area contributed by atoms with Crippen LogP contribution in [0.4, 0.5) is 0 Å². The second kappa shape index (κ2) is 3.62. The van der Waals surface area contributed by atoms with E-state index in [0.29, 0.717) is 5.92 Å². The lowest BCUT2D eigenvalue weighted by molar-refractivity contribution is 0.452. The van der Waals surface area contributed by atoms with Crippen LogP contribution in [0, 0.1) is 5.92 Å². The van der Waals surface area contributed by atoms with Crippen molar-refractivity contribution in [3.63, 3.8) is 0 Å². The molecule has 0 radical (unpaired) electrons. The zero-order chi connectivity index (χ0) is 11.1. The van der Waals surface area contributed by atoms with Gasteiger partial charge in [0.05, 0.1) is 0 Å². The van der Waals surface area contributed by atoms with Gasteiger partial charge in [0.2, 0.25) is 0 Å². The van der Waals surface area contributed by atoms with E-state index in [9.17, 15) is 0 Å². The Hall–Kier alpha value is -1.30. The van der Waals surface area contributed by atoms with Gasteiger partial charge in [-0.1, -0.05) is 50.2 Å². The monoisotopic (exact) mass is 210 g/mol. The van der Waals surface area contributed by atoms with Gasteiger partial charge in [-0.3, -0.25) is 0 Å². The van der Waals surface area contributed by atoms with Crippen LogP contribution in [0.25, 0.3) is 10.8 Å². The predicted molar refractivity (Wildman–Crippen MR) is 69.8 cm³/mol. The molecule has 0 heteroatoms. The maximum Gasteiger partial charge on any atom is -0.0146 e. The Morgan fingerprint density at radius 3 is 2.69 bits per heavy atom. The van der Waals surface area contributed by atoms with Crippen molar-refractivity contribution >= 4 is 10.8 Å². The summed E-state index contributed by atoms with van der Waals surface area (Å²) in [5, 5.41) is 2.86. The van der Waals surface area contributed by atoms with E-state index in [-0.39, 0.29) is 0 Å². The van der Waals surface area contributed by atoms with Gasteiger partial charge >= 0.3 is 0 Å². The van der Waals surface area contributed by atoms with Crippen molar-refractivity contribution < 1.29 is 0 Å². The molecule has 2 atom stereocenters. The molecule has 0 amide bonds. The largest absolute Gasteiger partial charge is 0.0622 e. The van der Waals surface area contributed by atoms with Crippen molar-refractivity contribution in [2.75, 3.05) is 0 Å². The highest BCUT2D eigenvalue weighted by Crippen LogP contribution is 2.38. The lowest BCUT2D eigenvalue weighted by Gasteiger charge is -2.28. The lowest BCUT2D eigenvalue weighted by Crippen LogP contribution is -2.14. The molecule has 0 aliphatic heterocycles. The Labute approximate surface area is 97.3 Å². The first-order valence-electron chi connectivity index (χ1n) is 6.26. The van der Waals surface area contributed by atoms with E-state index >= 15 is 0 Å². The van der Waals surface area contributed by atoms with Gasteiger partial charge in [-0.25, -0.2) is 0 Å². The van der Waals surface area contributed by atoms with Gasteiger partial charge in [0.25, 0.3) is 0 Å². The first-order valence-corrected chi connectivity index (χ1v) is 6.26. The Morgan fingerprint density at radius 1 is 1.00 bits per heavy atom. The fraction of sp³-hybridized carbons (Fsp3) is 0.375. The smallest absolute Gasteiger partial charge is 0.0146 e. The van der Waals surface area contributed by atoms with Crippen molar-refractivity contribution in [3.05, 3.63) is 47.5 Å². The van der Waals surface area contributed by atoms with E-state index < -0.39 is 0 Å². The SMILES string of the molecule is C[C@@H]1Cc2ccc3ccccc3c2[C@@H](C)C1. The molecule has 0 unspecified atom stereocenters. The molecule has 3 rings (SSSR count). The van der Waals surface area contributed by atoms with Gasteiger partial charge in [0.15, 0.2) is 0 Å². The molecule has 0 aromatic heterocycles. The molecule has 0 bridgehead atoms. The Bertz CT molecular complexity index is 525. The van der Waals surface area contributed by atoms with Crippen LogP contribution in [0.15, 0.2) is 36.4 Å². The molecule has 0 saturated heterocycles. The van der Waals surface area contributed by atoms with E-state index in [2.05, 4.69) is 50.2 Å². The molecule has 2 aromatic rings. The normalized spacial score (nSPS) is 24.4. The molecule has 0 N–H and O–H groups in total. The summed E-state index contributed by atoms with van der Waals surface area (Å²) < 4.78 is 0. The summed E-state index contributed by atoms with van der Waals surface area (Å²) >= 11 is 0. The van der Waals surface area contributed by atoms with E-state index in [1.165, 1.54) is 23.6 Å². The van der Waals surface area contributed by atoms with Crippen LogP contribution in [0.1, 0.15) is 37.3 Å². The van der Waals surface area contributed by atoms with Crippen LogP contribution in [0.2, 0.25) is 0 Å². The van der Waals surface area contributed by atoms with Gasteiger partial charge < -0.3 is 0 Å². The van der Waals surface area contributed by atoms with Gasteiger partial charge in [-0.15, -0.1) is 0 Å². The van der Waals surface area contributed by atoms with Crippen LogP contribution < -0.4 is 0 Å². The topological polar surface area (TPSA) is 0 Å². The molecule has 0 heterocycles. The van der Waals surface area contributed by atoms with Gasteiger partial charge in [0.1, 0.15) is 0 Å². The van der Waals surface area contributed by atoms with E-state index in [0.717, 1.165) is 5.92 Å². The maximum absolute atomic E-state index is 2.38. The fourth-order valence-corrected chi connectivity index (χ4v) is 3.28. The summed E-state index contributed by atoms with van der Waals surface area (Å²) in [6.45, 7) is 4.75. The third-order valence-electron chi connectivity index (χ3n) is 3.88. The minimum atomic E-state index is 0.713. The van der Waals surface area contributed by atoms with Crippen molar-refractivity contribution in [2.45, 2.75) is 32.6 Å². The minimum Gasteiger partial charge on any atom is -0.0622 e. The third-order valence-corrected chi connectivity index (χ3v) is 3.88. The van der Waals surface area contributed by atoms with Crippen molar-refractivity contribution in [1.29, 1.82) is 0 Å². The Kier molecular flexibility index (Phi) is 2.24. The quantitative estimate of drug-likeness (QED) is 0.599. The molecule has 1 aliphatic rings. The summed E-state index contributed by atoms with van der Waals surface area (Å²) in [6.07, 6.45) is 2.59. The third kappa shape index (κ3) is 1.44. The van der Waals surface area contributed by atoms with E-state index in [1.807, 2.05) is 0 Å². The first kappa shape index (κ1) is 9.89. The molecule has 0 nitrogen and oxygen atoms in total. The van der Waals surface area contributed by atoms with Crippen molar-refractivity contribution in [3.8, 4) is 0 Å². The minimum absolute atomic E-state index is 0.713. The van der Waals surface area contributed by atoms with Crippen LogP contribution in [0.5, 0.6) is 0 Å². The maximum atomic E-state index is 2.38. The number of benzene rings is 2. The Balaban J connectivity index is 2.29. The number of fused-ring (bicyclic) bond motifs is 3. The summed E-state index contributed by atoms with van der Waals surface area (Å²) in [6, 6.07) is 13.4. The van der Waals surface area contributed by atoms with Gasteiger partial charge in [-0.2, -0.15) is 0 Å². The van der Waals surface area contributed by atoms with Crippen LogP contribution in [-0.2, 0) is 6.42 Å². The first-order chi connectivity index (χ1) is 7.75. The summed E-state index contributed by atoms with van der Waals surface area (Å²) in [5.74, 6) is 1.55. The number of rotatable bonds is 0. The Morgan fingerprint density at radius 2 is 1.81 bits per heavy atom. The molecule has 0 saturated carbocycles. The molecule has 0 spiro atoms. The molecular formula is C16H18. The molecule has 1 aliphatic carbocycles. The van der Waals surface area contributed by atoms with Crippen LogP contribution in [0.3, 0.4) is 0 Å². The zero-order valence-electron chi connectivity index (χ0n) is 10.0. The number of hydrogen-bond donors (Lipinski definition) is 0. The zero-order valence-corrected chi connectivity index (χ0v) is 10.0. The van der Waals surface area contributed by atoms with Crippen molar-refractivity contribution in [2.24, 2.45) is 5.92 Å². The standard InChI is InChI=1S/C16H18/c1-11-9-12(2)16-14(10-11)8-7-13-5-3-4-6-15(13)16/h3-8,11-12H,9-10H2,1-2H3/t11-,12-/m0/s1. The molecule has 82 valence electrons. The fourth-order valence-electron chi connectivity index (χ4n) is 3.28. The van der Waals surface area contributed by atoms with Crippen LogP contribution >= 0.6 is 0 Å². The second-order valence-electron chi connectivity index (χ2n) is 5.31. The highest BCUT2D eigenvalue weighted by Gasteiger charge is 2.22. The van der Waals surface area contributed by atoms with Crippen LogP contribution in [-0.4, -0.2) is 0 Å². The highest BCUT2D eigenvalue weighted by atomic mass is 14.3. The van der Waals surface area contributed by atoms with E-state index in [1.54, 1.807) is 11.1 Å². The molecule has 2 aromatic carbocycles. The van der Waals surface area contributed by atoms with Gasteiger partial charge in [0, 0.05) is 0 Å². The molecule has 0 fully saturated rings. The summed E-state index contributed by atoms with van der Waals surface area (Å²) in [4.78, 5) is 0. The van der Waals surface area contributed by atoms with Crippen molar-refractivity contribution in [1.82, 2.24) is 0 Å². The number of hydrogen-bond acceptors (Lipinski definition) is 0. The lowest BCUT2D eigenvalue weighted by atomic mass is 9.76. The average molecular weight is 210 g/mol. The average Bonchev–Trinajstić information content (AvgIpc) is 2.28. The summed E-state index contributed by atoms with van der Waals surface area (Å²) in [7, 11) is 0. The molecular weight excluding hydrogens is 192 g/mol. The summed E-state index contributed by atoms with van der Waals surface area (Å²) in [5.41, 5.74) is 3.18.